The average molecular weight is 383 g/mol. The SMILES string of the molecule is CCN(C(=O)c1ccc(F)c(S(=O)(=O)N2CCCCC2)c1)C1CCCC1. The average Bonchev–Trinajstić information content (AvgIpc) is 3.17. The number of carbonyl (C=O) groups is 1. The Labute approximate surface area is 155 Å². The first-order chi connectivity index (χ1) is 12.4. The third-order valence-corrected chi connectivity index (χ3v) is 7.39. The second-order valence-electron chi connectivity index (χ2n) is 7.14. The van der Waals surface area contributed by atoms with Gasteiger partial charge in [0.1, 0.15) is 10.7 Å². The fourth-order valence-electron chi connectivity index (χ4n) is 4.03. The summed E-state index contributed by atoms with van der Waals surface area (Å²) in [5.74, 6) is -1.01. The Hall–Kier alpha value is -1.47. The number of amides is 1. The van der Waals surface area contributed by atoms with E-state index in [4.69, 9.17) is 0 Å². The highest BCUT2D eigenvalue weighted by atomic mass is 32.2. The zero-order valence-corrected chi connectivity index (χ0v) is 16.1. The molecule has 1 aliphatic heterocycles. The normalized spacial score (nSPS) is 19.6. The van der Waals surface area contributed by atoms with Gasteiger partial charge in [0.25, 0.3) is 5.91 Å². The highest BCUT2D eigenvalue weighted by Crippen LogP contribution is 2.27. The van der Waals surface area contributed by atoms with Crippen molar-refractivity contribution in [3.05, 3.63) is 29.6 Å². The van der Waals surface area contributed by atoms with Gasteiger partial charge in [0.2, 0.25) is 10.0 Å². The summed E-state index contributed by atoms with van der Waals surface area (Å²) in [6.45, 7) is 3.30. The lowest BCUT2D eigenvalue weighted by Crippen LogP contribution is -2.39. The molecule has 1 saturated carbocycles. The van der Waals surface area contributed by atoms with Crippen LogP contribution >= 0.6 is 0 Å². The number of piperidine rings is 1. The monoisotopic (exact) mass is 382 g/mol. The molecule has 5 nitrogen and oxygen atoms in total. The maximum absolute atomic E-state index is 14.3. The van der Waals surface area contributed by atoms with Crippen LogP contribution in [0.2, 0.25) is 0 Å². The summed E-state index contributed by atoms with van der Waals surface area (Å²) in [6.07, 6.45) is 6.70. The molecule has 0 spiro atoms. The van der Waals surface area contributed by atoms with Gasteiger partial charge in [-0.15, -0.1) is 0 Å². The largest absolute Gasteiger partial charge is 0.336 e. The Kier molecular flexibility index (Phi) is 5.97. The second kappa shape index (κ2) is 8.05. The summed E-state index contributed by atoms with van der Waals surface area (Å²) >= 11 is 0. The van der Waals surface area contributed by atoms with Gasteiger partial charge in [-0.25, -0.2) is 12.8 Å². The first kappa shape index (κ1) is 19.3. The van der Waals surface area contributed by atoms with Crippen LogP contribution in [0.4, 0.5) is 4.39 Å². The maximum Gasteiger partial charge on any atom is 0.254 e. The highest BCUT2D eigenvalue weighted by molar-refractivity contribution is 7.89. The Balaban J connectivity index is 1.90. The lowest BCUT2D eigenvalue weighted by atomic mass is 10.1. The van der Waals surface area contributed by atoms with E-state index in [-0.39, 0.29) is 22.4 Å². The molecule has 1 aromatic rings. The van der Waals surface area contributed by atoms with Crippen LogP contribution in [0.5, 0.6) is 0 Å². The summed E-state index contributed by atoms with van der Waals surface area (Å²) in [7, 11) is -3.91. The van der Waals surface area contributed by atoms with E-state index in [0.717, 1.165) is 51.0 Å². The molecule has 1 heterocycles. The molecule has 2 aliphatic rings. The van der Waals surface area contributed by atoms with Gasteiger partial charge >= 0.3 is 0 Å². The molecule has 3 rings (SSSR count). The quantitative estimate of drug-likeness (QED) is 0.784. The van der Waals surface area contributed by atoms with Gasteiger partial charge in [-0.05, 0) is 50.8 Å². The smallest absolute Gasteiger partial charge is 0.254 e. The molecule has 144 valence electrons. The minimum absolute atomic E-state index is 0.194. The van der Waals surface area contributed by atoms with Gasteiger partial charge in [0.15, 0.2) is 0 Å². The van der Waals surface area contributed by atoms with Crippen molar-refractivity contribution < 1.29 is 17.6 Å². The van der Waals surface area contributed by atoms with E-state index in [1.54, 1.807) is 4.90 Å². The van der Waals surface area contributed by atoms with E-state index in [1.165, 1.54) is 16.4 Å². The predicted molar refractivity (Wildman–Crippen MR) is 98.0 cm³/mol. The molecule has 1 aromatic carbocycles. The van der Waals surface area contributed by atoms with Crippen LogP contribution in [0.25, 0.3) is 0 Å². The molecule has 0 N–H and O–H groups in total. The standard InChI is InChI=1S/C19H27FN2O3S/c1-2-22(16-8-4-5-9-16)19(23)15-10-11-17(20)18(14-15)26(24,25)21-12-6-3-7-13-21/h10-11,14,16H,2-9,12-13H2,1H3. The van der Waals surface area contributed by atoms with Crippen molar-refractivity contribution in [2.24, 2.45) is 0 Å². The maximum atomic E-state index is 14.3. The summed E-state index contributed by atoms with van der Waals surface area (Å²) in [6, 6.07) is 3.91. The molecule has 1 saturated heterocycles. The van der Waals surface area contributed by atoms with E-state index in [1.807, 2.05) is 6.92 Å². The van der Waals surface area contributed by atoms with Crippen molar-refractivity contribution >= 4 is 15.9 Å². The van der Waals surface area contributed by atoms with E-state index in [9.17, 15) is 17.6 Å². The van der Waals surface area contributed by atoms with Gasteiger partial charge in [-0.3, -0.25) is 4.79 Å². The Morgan fingerprint density at radius 1 is 1.15 bits per heavy atom. The number of benzene rings is 1. The lowest BCUT2D eigenvalue weighted by Gasteiger charge is -2.28. The number of hydrogen-bond donors (Lipinski definition) is 0. The van der Waals surface area contributed by atoms with Crippen molar-refractivity contribution in [2.45, 2.75) is 62.8 Å². The van der Waals surface area contributed by atoms with E-state index < -0.39 is 15.8 Å². The van der Waals surface area contributed by atoms with Crippen molar-refractivity contribution in [1.82, 2.24) is 9.21 Å². The molecule has 0 atom stereocenters. The Bertz CT molecular complexity index is 754. The zero-order chi connectivity index (χ0) is 18.7. The van der Waals surface area contributed by atoms with E-state index in [0.29, 0.717) is 19.6 Å². The molecule has 0 radical (unpaired) electrons. The van der Waals surface area contributed by atoms with Gasteiger partial charge in [-0.2, -0.15) is 4.31 Å². The molecule has 26 heavy (non-hydrogen) atoms. The minimum Gasteiger partial charge on any atom is -0.336 e. The van der Waals surface area contributed by atoms with Crippen LogP contribution in [0, 0.1) is 5.82 Å². The first-order valence-corrected chi connectivity index (χ1v) is 11.0. The Morgan fingerprint density at radius 3 is 2.42 bits per heavy atom. The molecule has 1 amide bonds. The number of hydrogen-bond acceptors (Lipinski definition) is 3. The van der Waals surface area contributed by atoms with Crippen molar-refractivity contribution in [1.29, 1.82) is 0 Å². The summed E-state index contributed by atoms with van der Waals surface area (Å²) < 4.78 is 41.3. The summed E-state index contributed by atoms with van der Waals surface area (Å²) in [5, 5.41) is 0. The molecule has 0 bridgehead atoms. The fourth-order valence-corrected chi connectivity index (χ4v) is 5.64. The van der Waals surface area contributed by atoms with Crippen LogP contribution in [0.1, 0.15) is 62.2 Å². The van der Waals surface area contributed by atoms with Crippen LogP contribution in [0.3, 0.4) is 0 Å². The van der Waals surface area contributed by atoms with Crippen LogP contribution in [-0.2, 0) is 10.0 Å². The van der Waals surface area contributed by atoms with Gasteiger partial charge in [0, 0.05) is 31.2 Å². The molecular weight excluding hydrogens is 355 g/mol. The lowest BCUT2D eigenvalue weighted by molar-refractivity contribution is 0.0693. The number of halogens is 1. The highest BCUT2D eigenvalue weighted by Gasteiger charge is 2.31. The van der Waals surface area contributed by atoms with Gasteiger partial charge in [0.05, 0.1) is 0 Å². The number of rotatable bonds is 5. The second-order valence-corrected chi connectivity index (χ2v) is 9.05. The molecule has 7 heteroatoms. The Morgan fingerprint density at radius 2 is 1.81 bits per heavy atom. The van der Waals surface area contributed by atoms with Crippen LogP contribution in [0.15, 0.2) is 23.1 Å². The first-order valence-electron chi connectivity index (χ1n) is 9.56. The molecular formula is C19H27FN2O3S. The molecule has 2 fully saturated rings. The summed E-state index contributed by atoms with van der Waals surface area (Å²) in [4.78, 5) is 14.3. The van der Waals surface area contributed by atoms with Gasteiger partial charge in [-0.1, -0.05) is 19.3 Å². The number of nitrogens with zero attached hydrogens (tertiary/aromatic N) is 2. The third kappa shape index (κ3) is 3.78. The number of sulfonamides is 1. The fraction of sp³-hybridized carbons (Fsp3) is 0.632. The molecule has 0 aromatic heterocycles. The number of carbonyl (C=O) groups excluding carboxylic acids is 1. The third-order valence-electron chi connectivity index (χ3n) is 5.48. The van der Waals surface area contributed by atoms with E-state index >= 15 is 0 Å². The van der Waals surface area contributed by atoms with Crippen LogP contribution in [-0.4, -0.2) is 49.2 Å². The van der Waals surface area contributed by atoms with Crippen molar-refractivity contribution in [3.63, 3.8) is 0 Å². The topological polar surface area (TPSA) is 57.7 Å². The van der Waals surface area contributed by atoms with E-state index in [2.05, 4.69) is 0 Å². The van der Waals surface area contributed by atoms with Crippen molar-refractivity contribution in [3.8, 4) is 0 Å². The summed E-state index contributed by atoms with van der Waals surface area (Å²) in [5.41, 5.74) is 0.246. The predicted octanol–water partition coefficient (Wildman–Crippen LogP) is 3.41. The van der Waals surface area contributed by atoms with Crippen LogP contribution < -0.4 is 0 Å². The van der Waals surface area contributed by atoms with Gasteiger partial charge < -0.3 is 4.90 Å². The zero-order valence-electron chi connectivity index (χ0n) is 15.3. The van der Waals surface area contributed by atoms with Crippen molar-refractivity contribution in [2.75, 3.05) is 19.6 Å². The molecule has 0 unspecified atom stereocenters. The minimum atomic E-state index is -3.91. The molecule has 1 aliphatic carbocycles.